The van der Waals surface area contributed by atoms with E-state index in [0.29, 0.717) is 12.1 Å². The first-order chi connectivity index (χ1) is 12.8. The van der Waals surface area contributed by atoms with Gasteiger partial charge in [-0.25, -0.2) is 0 Å². The number of carbonyl (C=O) groups excluding carboxylic acids is 1. The first-order valence-electron chi connectivity index (χ1n) is 9.32. The van der Waals surface area contributed by atoms with Crippen LogP contribution in [0.1, 0.15) is 29.3 Å². The lowest BCUT2D eigenvalue weighted by molar-refractivity contribution is 0.0956. The molecular formula is C22H28ClN3O. The normalized spacial score (nSPS) is 13.3. The number of hydrogen-bond acceptors (Lipinski definition) is 3. The third-order valence-electron chi connectivity index (χ3n) is 4.73. The number of anilines is 1. The van der Waals surface area contributed by atoms with Crippen molar-refractivity contribution in [3.8, 4) is 0 Å². The number of carbonyl (C=O) groups is 1. The van der Waals surface area contributed by atoms with E-state index in [2.05, 4.69) is 52.8 Å². The minimum absolute atomic E-state index is 0. The molecule has 2 N–H and O–H groups in total. The number of nitrogens with zero attached hydrogens (tertiary/aromatic N) is 1. The Labute approximate surface area is 168 Å². The molecule has 2 aromatic rings. The molecule has 5 heteroatoms. The van der Waals surface area contributed by atoms with Gasteiger partial charge in [0.05, 0.1) is 0 Å². The summed E-state index contributed by atoms with van der Waals surface area (Å²) in [5.41, 5.74) is 4.42. The van der Waals surface area contributed by atoms with Crippen LogP contribution in [0.4, 0.5) is 5.69 Å². The van der Waals surface area contributed by atoms with E-state index in [1.165, 1.54) is 11.1 Å². The van der Waals surface area contributed by atoms with Gasteiger partial charge in [0.25, 0.3) is 5.91 Å². The maximum absolute atomic E-state index is 12.4. The second-order valence-corrected chi connectivity index (χ2v) is 6.55. The topological polar surface area (TPSA) is 44.4 Å². The van der Waals surface area contributed by atoms with Crippen molar-refractivity contribution in [2.75, 3.05) is 31.1 Å². The summed E-state index contributed by atoms with van der Waals surface area (Å²) in [6.45, 7) is 6.46. The second kappa shape index (κ2) is 10.8. The molecule has 0 radical (unpaired) electrons. The quantitative estimate of drug-likeness (QED) is 0.713. The average Bonchev–Trinajstić information content (AvgIpc) is 2.72. The van der Waals surface area contributed by atoms with Gasteiger partial charge in [-0.15, -0.1) is 12.4 Å². The van der Waals surface area contributed by atoms with E-state index in [1.54, 1.807) is 0 Å². The minimum Gasteiger partial charge on any atom is -0.367 e. The fraction of sp³-hybridized carbons (Fsp3) is 0.318. The third-order valence-corrected chi connectivity index (χ3v) is 4.73. The first kappa shape index (κ1) is 21.0. The zero-order valence-electron chi connectivity index (χ0n) is 15.8. The molecule has 0 bridgehead atoms. The summed E-state index contributed by atoms with van der Waals surface area (Å²) in [6, 6.07) is 18.3. The predicted octanol–water partition coefficient (Wildman–Crippen LogP) is 3.78. The Hall–Kier alpha value is -2.30. The molecule has 2 aromatic carbocycles. The van der Waals surface area contributed by atoms with Crippen LogP contribution in [-0.4, -0.2) is 32.1 Å². The highest BCUT2D eigenvalue weighted by molar-refractivity contribution is 5.94. The number of halogens is 1. The molecular weight excluding hydrogens is 358 g/mol. The van der Waals surface area contributed by atoms with Crippen LogP contribution in [0.3, 0.4) is 0 Å². The van der Waals surface area contributed by atoms with Gasteiger partial charge in [-0.1, -0.05) is 42.0 Å². The van der Waals surface area contributed by atoms with Gasteiger partial charge >= 0.3 is 0 Å². The standard InChI is InChI=1S/C22H27N3O.ClH/c1-2-25(17-19-6-4-3-5-7-19)21-10-8-20(9-11-21)22(26)24-16-18-12-14-23-15-13-18;/h3-12,23H,2,13-17H2,1H3,(H,24,26);1H. The number of hydrogen-bond donors (Lipinski definition) is 2. The Balaban J connectivity index is 0.00000261. The summed E-state index contributed by atoms with van der Waals surface area (Å²) >= 11 is 0. The summed E-state index contributed by atoms with van der Waals surface area (Å²) in [4.78, 5) is 14.7. The highest BCUT2D eigenvalue weighted by Gasteiger charge is 2.10. The number of amides is 1. The summed E-state index contributed by atoms with van der Waals surface area (Å²) in [7, 11) is 0. The highest BCUT2D eigenvalue weighted by atomic mass is 35.5. The van der Waals surface area contributed by atoms with Crippen molar-refractivity contribution in [3.05, 3.63) is 77.4 Å². The highest BCUT2D eigenvalue weighted by Crippen LogP contribution is 2.18. The van der Waals surface area contributed by atoms with Crippen LogP contribution in [0, 0.1) is 0 Å². The van der Waals surface area contributed by atoms with Gasteiger partial charge in [0, 0.05) is 37.4 Å². The van der Waals surface area contributed by atoms with Crippen LogP contribution in [0.15, 0.2) is 66.2 Å². The molecule has 1 aliphatic heterocycles. The molecule has 4 nitrogen and oxygen atoms in total. The van der Waals surface area contributed by atoms with Crippen molar-refractivity contribution in [2.24, 2.45) is 0 Å². The molecule has 0 fully saturated rings. The Morgan fingerprint density at radius 2 is 1.85 bits per heavy atom. The Morgan fingerprint density at radius 3 is 2.48 bits per heavy atom. The zero-order valence-corrected chi connectivity index (χ0v) is 16.6. The molecule has 0 spiro atoms. The summed E-state index contributed by atoms with van der Waals surface area (Å²) in [5.74, 6) is -0.0120. The van der Waals surface area contributed by atoms with Gasteiger partial charge in [-0.2, -0.15) is 0 Å². The Morgan fingerprint density at radius 1 is 1.11 bits per heavy atom. The van der Waals surface area contributed by atoms with Crippen LogP contribution in [0.5, 0.6) is 0 Å². The van der Waals surface area contributed by atoms with E-state index in [1.807, 2.05) is 30.3 Å². The molecule has 0 saturated carbocycles. The molecule has 3 rings (SSSR count). The fourth-order valence-electron chi connectivity index (χ4n) is 3.14. The average molecular weight is 386 g/mol. The van der Waals surface area contributed by atoms with Crippen LogP contribution >= 0.6 is 12.4 Å². The lowest BCUT2D eigenvalue weighted by atomic mass is 10.1. The van der Waals surface area contributed by atoms with Crippen molar-refractivity contribution in [2.45, 2.75) is 19.9 Å². The first-order valence-corrected chi connectivity index (χ1v) is 9.32. The van der Waals surface area contributed by atoms with Crippen molar-refractivity contribution >= 4 is 24.0 Å². The fourth-order valence-corrected chi connectivity index (χ4v) is 3.14. The van der Waals surface area contributed by atoms with Crippen molar-refractivity contribution in [3.63, 3.8) is 0 Å². The molecule has 1 aliphatic rings. The van der Waals surface area contributed by atoms with Gasteiger partial charge in [-0.3, -0.25) is 4.79 Å². The van der Waals surface area contributed by atoms with Crippen molar-refractivity contribution in [1.29, 1.82) is 0 Å². The smallest absolute Gasteiger partial charge is 0.251 e. The van der Waals surface area contributed by atoms with Gasteiger partial charge in [0.1, 0.15) is 0 Å². The van der Waals surface area contributed by atoms with E-state index in [-0.39, 0.29) is 18.3 Å². The van der Waals surface area contributed by atoms with E-state index in [0.717, 1.165) is 38.3 Å². The molecule has 0 saturated heterocycles. The lowest BCUT2D eigenvalue weighted by Gasteiger charge is -2.23. The van der Waals surface area contributed by atoms with Gasteiger partial charge in [-0.05, 0) is 49.7 Å². The van der Waals surface area contributed by atoms with Crippen LogP contribution in [-0.2, 0) is 6.54 Å². The van der Waals surface area contributed by atoms with Gasteiger partial charge in [0.2, 0.25) is 0 Å². The number of nitrogens with one attached hydrogen (secondary N) is 2. The van der Waals surface area contributed by atoms with E-state index >= 15 is 0 Å². The molecule has 0 aliphatic carbocycles. The molecule has 144 valence electrons. The predicted molar refractivity (Wildman–Crippen MR) is 115 cm³/mol. The molecule has 1 heterocycles. The number of rotatable bonds is 7. The van der Waals surface area contributed by atoms with Gasteiger partial charge < -0.3 is 15.5 Å². The summed E-state index contributed by atoms with van der Waals surface area (Å²) in [6.07, 6.45) is 3.17. The minimum atomic E-state index is -0.0120. The Kier molecular flexibility index (Phi) is 8.37. The summed E-state index contributed by atoms with van der Waals surface area (Å²) in [5, 5.41) is 6.30. The SMILES string of the molecule is CCN(Cc1ccccc1)c1ccc(C(=O)NCC2=CCNCC2)cc1.Cl. The zero-order chi connectivity index (χ0) is 18.2. The maximum Gasteiger partial charge on any atom is 0.251 e. The Bertz CT molecular complexity index is 744. The second-order valence-electron chi connectivity index (χ2n) is 6.55. The largest absolute Gasteiger partial charge is 0.367 e. The van der Waals surface area contributed by atoms with Crippen LogP contribution < -0.4 is 15.5 Å². The van der Waals surface area contributed by atoms with E-state index in [4.69, 9.17) is 0 Å². The van der Waals surface area contributed by atoms with E-state index < -0.39 is 0 Å². The maximum atomic E-state index is 12.4. The van der Waals surface area contributed by atoms with Crippen LogP contribution in [0.25, 0.3) is 0 Å². The summed E-state index contributed by atoms with van der Waals surface area (Å²) < 4.78 is 0. The molecule has 0 unspecified atom stereocenters. The molecule has 27 heavy (non-hydrogen) atoms. The monoisotopic (exact) mass is 385 g/mol. The van der Waals surface area contributed by atoms with Crippen molar-refractivity contribution in [1.82, 2.24) is 10.6 Å². The van der Waals surface area contributed by atoms with Gasteiger partial charge in [0.15, 0.2) is 0 Å². The van der Waals surface area contributed by atoms with Crippen LogP contribution in [0.2, 0.25) is 0 Å². The number of benzene rings is 2. The molecule has 0 aromatic heterocycles. The lowest BCUT2D eigenvalue weighted by Crippen LogP contribution is -2.29. The molecule has 1 amide bonds. The van der Waals surface area contributed by atoms with E-state index in [9.17, 15) is 4.79 Å². The van der Waals surface area contributed by atoms with Crippen molar-refractivity contribution < 1.29 is 4.79 Å². The molecule has 0 atom stereocenters. The third kappa shape index (κ3) is 6.12.